The summed E-state index contributed by atoms with van der Waals surface area (Å²) in [6.45, 7) is 65.0. The first-order chi connectivity index (χ1) is 59.0. The fourth-order valence-electron chi connectivity index (χ4n) is 13.1. The maximum absolute atomic E-state index is 12.8. The van der Waals surface area contributed by atoms with Crippen LogP contribution in [0.4, 0.5) is 9.59 Å². The van der Waals surface area contributed by atoms with Crippen molar-refractivity contribution in [3.05, 3.63) is 233 Å². The fourth-order valence-corrected chi connectivity index (χ4v) is 13.1. The summed E-state index contributed by atoms with van der Waals surface area (Å²) in [4.78, 5) is 106. The Morgan fingerprint density at radius 1 is 0.476 bits per heavy atom. The van der Waals surface area contributed by atoms with E-state index < -0.39 is 24.2 Å². The van der Waals surface area contributed by atoms with Crippen molar-refractivity contribution < 1.29 is 76.0 Å². The molecular formula is C91H135N15O20. The van der Waals surface area contributed by atoms with Crippen LogP contribution in [-0.2, 0) is 72.0 Å². The molecule has 1 unspecified atom stereocenters. The quantitative estimate of drug-likeness (QED) is 0.0310. The highest BCUT2D eigenvalue weighted by atomic mass is 16.6. The third kappa shape index (κ3) is 30.0. The van der Waals surface area contributed by atoms with Gasteiger partial charge in [-0.2, -0.15) is 0 Å². The summed E-state index contributed by atoms with van der Waals surface area (Å²) in [6.07, 6.45) is 26.5. The molecule has 0 aromatic carbocycles. The first-order valence-corrected chi connectivity index (χ1v) is 42.6. The zero-order valence-corrected chi connectivity index (χ0v) is 77.8. The number of urea groups is 2. The summed E-state index contributed by atoms with van der Waals surface area (Å²) >= 11 is 0. The van der Waals surface area contributed by atoms with Crippen molar-refractivity contribution in [3.63, 3.8) is 0 Å². The van der Waals surface area contributed by atoms with E-state index in [1.54, 1.807) is 64.9 Å². The van der Waals surface area contributed by atoms with Crippen molar-refractivity contribution in [2.75, 3.05) is 52.9 Å². The minimum atomic E-state index is -0.598. The molecule has 13 atom stereocenters. The van der Waals surface area contributed by atoms with Crippen molar-refractivity contribution in [2.45, 2.75) is 288 Å². The summed E-state index contributed by atoms with van der Waals surface area (Å²) in [5, 5.41) is 14.5. The summed E-state index contributed by atoms with van der Waals surface area (Å²) in [6, 6.07) is -1.07. The first-order valence-electron chi connectivity index (χ1n) is 42.6. The molecule has 10 aliphatic rings. The van der Waals surface area contributed by atoms with E-state index in [-0.39, 0.29) is 137 Å². The molecule has 1 fully saturated rings. The van der Waals surface area contributed by atoms with Gasteiger partial charge in [0.2, 0.25) is 0 Å². The Bertz CT molecular complexity index is 4820. The number of amides is 6. The molecule has 0 aliphatic carbocycles. The van der Waals surface area contributed by atoms with Crippen LogP contribution < -0.4 is 43.8 Å². The Labute approximate surface area is 740 Å². The molecule has 2 aromatic heterocycles. The average molecular weight is 1760 g/mol. The minimum Gasteiger partial charge on any atom is -0.379 e. The summed E-state index contributed by atoms with van der Waals surface area (Å²) in [7, 11) is 0. The van der Waals surface area contributed by atoms with E-state index in [0.717, 1.165) is 17.8 Å². The van der Waals surface area contributed by atoms with Gasteiger partial charge in [0.05, 0.1) is 75.2 Å². The maximum Gasteiger partial charge on any atom is 0.333 e. The summed E-state index contributed by atoms with van der Waals surface area (Å²) in [5.41, 5.74) is 11.6. The number of carbonyl (C=O) groups excluding carboxylic acids is 4. The number of azide groups is 1. The van der Waals surface area contributed by atoms with Crippen molar-refractivity contribution in [2.24, 2.45) is 11.0 Å². The maximum atomic E-state index is 12.8. The molecule has 694 valence electrons. The van der Waals surface area contributed by atoms with Crippen LogP contribution in [0.25, 0.3) is 10.4 Å². The molecule has 2 aromatic rings. The molecular weight excluding hydrogens is 1620 g/mol. The number of ether oxygens (including phenoxy) is 12. The smallest absolute Gasteiger partial charge is 0.333 e. The van der Waals surface area contributed by atoms with Crippen molar-refractivity contribution >= 4 is 23.9 Å². The number of rotatable bonds is 25. The Kier molecular flexibility index (Phi) is 37.6. The predicted octanol–water partition coefficient (Wildman–Crippen LogP) is 12.2. The zero-order chi connectivity index (χ0) is 93.7. The van der Waals surface area contributed by atoms with Gasteiger partial charge in [0, 0.05) is 107 Å². The number of hydrogen-bond acceptors (Lipinski definition) is 23. The van der Waals surface area contributed by atoms with Crippen LogP contribution in [0.5, 0.6) is 0 Å². The lowest BCUT2D eigenvalue weighted by atomic mass is 10.1. The van der Waals surface area contributed by atoms with Gasteiger partial charge >= 0.3 is 23.4 Å². The Hall–Kier alpha value is -10.1. The molecule has 126 heavy (non-hydrogen) atoms. The molecule has 10 aliphatic heterocycles. The fraction of sp³-hybridized carbons (Fsp3) is 0.582. The van der Waals surface area contributed by atoms with E-state index >= 15 is 0 Å². The van der Waals surface area contributed by atoms with Crippen LogP contribution in [0.15, 0.2) is 194 Å². The SMILES string of the molecule is C=C1NC(=O)C(C)=CN1[C@H]1C=C[C@@H](COC(C)(C)C)O1.C=C1NC(=O)C(C)=CN1[C@H]1C=C[C@@H](COCC(C)C)O1.C=C1NC(=O)N([C@H]2C=C[C@@H](COC(C)C)O2)C=C1C.C=C1NC(=O)N([C@H]2CC(N=[N+]=[N-])[C@@H](COCC)O2)C=C1C.Cc1cn([C@H]2C=C[C@@H](COC(C)(C)C)O2)c(=O)n(C(C)(C)C)c1=O.Cc1cn([C@H]2C=C[C@@H](COC(C)C)O2)c(=O)n(C(C)C)c1=O. The molecule has 6 amide bonds. The van der Waals surface area contributed by atoms with E-state index in [1.165, 1.54) is 28.1 Å². The van der Waals surface area contributed by atoms with Gasteiger partial charge in [0.15, 0.2) is 31.1 Å². The van der Waals surface area contributed by atoms with Gasteiger partial charge < -0.3 is 87.9 Å². The van der Waals surface area contributed by atoms with Gasteiger partial charge in [0.25, 0.3) is 22.9 Å². The summed E-state index contributed by atoms with van der Waals surface area (Å²) in [5.74, 6) is 1.32. The third-order valence-electron chi connectivity index (χ3n) is 19.8. The van der Waals surface area contributed by atoms with Crippen molar-refractivity contribution in [3.8, 4) is 0 Å². The van der Waals surface area contributed by atoms with Gasteiger partial charge in [-0.1, -0.05) is 75.7 Å². The molecule has 12 rings (SSSR count). The van der Waals surface area contributed by atoms with Gasteiger partial charge in [-0.05, 0) is 205 Å². The van der Waals surface area contributed by atoms with Crippen LogP contribution >= 0.6 is 0 Å². The van der Waals surface area contributed by atoms with Gasteiger partial charge in [-0.25, -0.2) is 19.2 Å². The molecule has 12 heterocycles. The lowest BCUT2D eigenvalue weighted by molar-refractivity contribution is -0.119. The minimum absolute atomic E-state index is 0.0575. The third-order valence-corrected chi connectivity index (χ3v) is 19.8. The standard InChI is InChI=1S/C18H28N2O4.C16H24N2O4.2C15H22N2O3.C14H20N2O3.C13H19N5O3/c1-12-10-19(16(22)20(15(12)21)17(2,3)4)14-9-8-13(24-14)11-23-18(5,6)7;1-10(2)18-15(19)12(5)8-17(16(18)20)14-7-6-13(22-14)9-21-11(3)4;1-10-8-17(11(2)16-14(10)18)13-7-6-12(20-13)9-19-15(3,4)5;1-10(2)8-19-9-13-5-6-14(20-13)17-7-11(3)15(18)16-12(17)4;1-9(2)18-8-12-5-6-13(19-12)16-7-10(3)11(4)15-14(16)17;1-4-20-7-11-10(16-17-14)5-12(21-11)18-6-8(2)9(3)15-13(18)19/h8-10,13-14H,11H2,1-7H3;6-8,10-11,13-14H,9H2,1-5H3;6-8,12-13H,2,9H2,1,3-5H3,(H,16,18);5-7,10,13-14H,4,8-9H2,1-3H3,(H,16,18);5-7,9,12-13H,4,8H2,1-3H3,(H,15,17);6,10-12H,3-5,7H2,1-2H3,(H,15,19)/t2*13-,14+;12-,13+;13-,14+;12-,13+;10?,11-,12-/m000001/s1. The lowest BCUT2D eigenvalue weighted by Gasteiger charge is -2.32. The Morgan fingerprint density at radius 2 is 0.865 bits per heavy atom. The Morgan fingerprint density at radius 3 is 1.28 bits per heavy atom. The molecule has 0 spiro atoms. The number of carbonyl (C=O) groups is 4. The van der Waals surface area contributed by atoms with Gasteiger partial charge in [0.1, 0.15) is 48.4 Å². The van der Waals surface area contributed by atoms with Crippen molar-refractivity contribution in [1.82, 2.24) is 59.1 Å². The van der Waals surface area contributed by atoms with Crippen LogP contribution in [0, 0.1) is 19.8 Å². The second-order valence-corrected chi connectivity index (χ2v) is 35.7. The monoisotopic (exact) mass is 1760 g/mol. The number of allylic oxidation sites excluding steroid dienone is 2. The molecule has 0 saturated carbocycles. The number of aromatic nitrogens is 4. The van der Waals surface area contributed by atoms with E-state index in [0.29, 0.717) is 104 Å². The molecule has 0 radical (unpaired) electrons. The highest BCUT2D eigenvalue weighted by Gasteiger charge is 2.41. The lowest BCUT2D eigenvalue weighted by Crippen LogP contribution is -2.49. The number of nitrogens with zero attached hydrogens (tertiary/aromatic N) is 11. The predicted molar refractivity (Wildman–Crippen MR) is 479 cm³/mol. The van der Waals surface area contributed by atoms with Gasteiger partial charge in [-0.15, -0.1) is 0 Å². The number of hydrogen-bond donors (Lipinski definition) is 4. The molecule has 35 nitrogen and oxygen atoms in total. The van der Waals surface area contributed by atoms with E-state index in [4.69, 9.17) is 62.4 Å². The van der Waals surface area contributed by atoms with Crippen LogP contribution in [0.3, 0.4) is 0 Å². The van der Waals surface area contributed by atoms with E-state index in [2.05, 4.69) is 71.5 Å². The zero-order valence-electron chi connectivity index (χ0n) is 77.8. The van der Waals surface area contributed by atoms with E-state index in [9.17, 15) is 38.4 Å². The van der Waals surface area contributed by atoms with Gasteiger partial charge in [-0.3, -0.25) is 47.2 Å². The molecule has 0 bridgehead atoms. The topological polar surface area (TPSA) is 377 Å². The Balaban J connectivity index is 0.000000208. The second-order valence-electron chi connectivity index (χ2n) is 35.7. The number of nitrogens with one attached hydrogen (secondary N) is 4. The summed E-state index contributed by atoms with van der Waals surface area (Å²) < 4.78 is 73.9. The molecule has 35 heteroatoms. The number of aryl methyl sites for hydroxylation is 2. The largest absolute Gasteiger partial charge is 0.379 e. The second kappa shape index (κ2) is 46.1. The molecule has 4 N–H and O–H groups in total. The first kappa shape index (κ1) is 103. The highest BCUT2D eigenvalue weighted by molar-refractivity contribution is 5.95. The van der Waals surface area contributed by atoms with Crippen LogP contribution in [0.2, 0.25) is 0 Å². The highest BCUT2D eigenvalue weighted by Crippen LogP contribution is 2.32. The van der Waals surface area contributed by atoms with Crippen molar-refractivity contribution in [1.29, 1.82) is 0 Å². The van der Waals surface area contributed by atoms with E-state index in [1.807, 2.05) is 195 Å². The average Bonchev–Trinajstić information content (AvgIpc) is 1.17. The molecule has 1 saturated heterocycles. The normalized spacial score (nSPS) is 25.1. The van der Waals surface area contributed by atoms with Crippen LogP contribution in [-0.4, -0.2) is 206 Å². The van der Waals surface area contributed by atoms with Crippen LogP contribution in [0.1, 0.15) is 188 Å².